The van der Waals surface area contributed by atoms with E-state index in [2.05, 4.69) is 9.97 Å². The summed E-state index contributed by atoms with van der Waals surface area (Å²) >= 11 is 0. The van der Waals surface area contributed by atoms with Crippen LogP contribution in [0.3, 0.4) is 0 Å². The molecular formula is C27H26N6O2. The molecule has 2 amide bonds. The number of fused-ring (bicyclic) bond motifs is 1. The molecule has 2 fully saturated rings. The van der Waals surface area contributed by atoms with Crippen LogP contribution in [0.1, 0.15) is 25.7 Å². The average molecular weight is 467 g/mol. The van der Waals surface area contributed by atoms with E-state index in [0.29, 0.717) is 18.7 Å². The monoisotopic (exact) mass is 466 g/mol. The number of amides is 2. The molecule has 2 aliphatic heterocycles. The molecule has 35 heavy (non-hydrogen) atoms. The number of nitrogens with zero attached hydrogens (tertiary/aromatic N) is 5. The number of benzene rings is 1. The predicted molar refractivity (Wildman–Crippen MR) is 137 cm³/mol. The van der Waals surface area contributed by atoms with Gasteiger partial charge in [-0.05, 0) is 42.7 Å². The van der Waals surface area contributed by atoms with Crippen molar-refractivity contribution in [2.75, 3.05) is 28.6 Å². The van der Waals surface area contributed by atoms with Crippen molar-refractivity contribution >= 4 is 40.0 Å². The first-order chi connectivity index (χ1) is 17.0. The summed E-state index contributed by atoms with van der Waals surface area (Å²) in [6.45, 7) is 1.48. The second-order valence-electron chi connectivity index (χ2n) is 9.22. The summed E-state index contributed by atoms with van der Waals surface area (Å²) < 4.78 is 1.98. The van der Waals surface area contributed by atoms with Crippen LogP contribution in [-0.4, -0.2) is 39.4 Å². The smallest absolute Gasteiger partial charge is 0.227 e. The summed E-state index contributed by atoms with van der Waals surface area (Å²) in [5.41, 5.74) is 12.5. The fraction of sp³-hybridized carbons (Fsp3) is 0.259. The molecule has 6 rings (SSSR count). The number of carbonyl (C=O) groups excluding carboxylic acids is 2. The molecule has 0 atom stereocenters. The minimum absolute atomic E-state index is 0.138. The van der Waals surface area contributed by atoms with Crippen LogP contribution in [0.4, 0.5) is 17.2 Å². The number of carbonyl (C=O) groups is 2. The Morgan fingerprint density at radius 3 is 2.14 bits per heavy atom. The number of hydrogen-bond donors (Lipinski definition) is 1. The molecule has 8 nitrogen and oxygen atoms in total. The van der Waals surface area contributed by atoms with E-state index in [4.69, 9.17) is 5.73 Å². The third kappa shape index (κ3) is 3.62. The number of aromatic nitrogens is 3. The zero-order chi connectivity index (χ0) is 24.1. The number of pyridine rings is 2. The summed E-state index contributed by atoms with van der Waals surface area (Å²) in [5, 5.41) is 0.963. The second kappa shape index (κ2) is 8.23. The molecule has 2 saturated heterocycles. The van der Waals surface area contributed by atoms with Gasteiger partial charge in [-0.25, -0.2) is 9.97 Å². The zero-order valence-electron chi connectivity index (χ0n) is 19.6. The van der Waals surface area contributed by atoms with E-state index in [-0.39, 0.29) is 11.8 Å². The fourth-order valence-corrected chi connectivity index (χ4v) is 5.14. The van der Waals surface area contributed by atoms with Gasteiger partial charge in [-0.15, -0.1) is 0 Å². The van der Waals surface area contributed by atoms with Crippen LogP contribution in [0.25, 0.3) is 33.3 Å². The first-order valence-electron chi connectivity index (χ1n) is 11.9. The summed E-state index contributed by atoms with van der Waals surface area (Å²) in [4.78, 5) is 37.1. The van der Waals surface area contributed by atoms with Gasteiger partial charge in [0.25, 0.3) is 0 Å². The van der Waals surface area contributed by atoms with Gasteiger partial charge in [-0.3, -0.25) is 9.59 Å². The van der Waals surface area contributed by atoms with Crippen LogP contribution >= 0.6 is 0 Å². The average Bonchev–Trinajstić information content (AvgIpc) is 3.58. The van der Waals surface area contributed by atoms with Gasteiger partial charge in [-0.2, -0.15) is 0 Å². The molecule has 2 N–H and O–H groups in total. The Labute approximate surface area is 203 Å². The molecule has 5 heterocycles. The maximum atomic E-state index is 12.3. The van der Waals surface area contributed by atoms with Gasteiger partial charge in [0, 0.05) is 73.1 Å². The van der Waals surface area contributed by atoms with E-state index in [1.807, 2.05) is 64.0 Å². The molecule has 4 aromatic rings. The Hall–Kier alpha value is -4.20. The highest BCUT2D eigenvalue weighted by Crippen LogP contribution is 2.36. The Morgan fingerprint density at radius 2 is 1.49 bits per heavy atom. The molecule has 1 aromatic carbocycles. The van der Waals surface area contributed by atoms with E-state index in [1.54, 1.807) is 12.4 Å². The number of anilines is 3. The molecule has 0 radical (unpaired) electrons. The quantitative estimate of drug-likeness (QED) is 0.488. The summed E-state index contributed by atoms with van der Waals surface area (Å²) in [6, 6.07) is 12.0. The van der Waals surface area contributed by atoms with E-state index < -0.39 is 0 Å². The third-order valence-electron chi connectivity index (χ3n) is 6.98. The van der Waals surface area contributed by atoms with Crippen LogP contribution in [0.5, 0.6) is 0 Å². The molecular weight excluding hydrogens is 440 g/mol. The number of nitrogen functional groups attached to an aromatic ring is 1. The van der Waals surface area contributed by atoms with E-state index >= 15 is 0 Å². The molecule has 0 spiro atoms. The summed E-state index contributed by atoms with van der Waals surface area (Å²) in [6.07, 6.45) is 8.53. The lowest BCUT2D eigenvalue weighted by molar-refractivity contribution is -0.117. The van der Waals surface area contributed by atoms with Crippen LogP contribution in [0.15, 0.2) is 55.0 Å². The van der Waals surface area contributed by atoms with Crippen molar-refractivity contribution in [3.05, 3.63) is 55.0 Å². The lowest BCUT2D eigenvalue weighted by Gasteiger charge is -2.16. The number of aryl methyl sites for hydroxylation is 1. The topological polar surface area (TPSA) is 97.4 Å². The highest BCUT2D eigenvalue weighted by atomic mass is 16.2. The van der Waals surface area contributed by atoms with Crippen LogP contribution in [0.2, 0.25) is 0 Å². The van der Waals surface area contributed by atoms with Gasteiger partial charge in [-0.1, -0.05) is 12.1 Å². The van der Waals surface area contributed by atoms with Crippen molar-refractivity contribution in [3.8, 4) is 22.3 Å². The highest BCUT2D eigenvalue weighted by molar-refractivity contribution is 6.01. The van der Waals surface area contributed by atoms with E-state index in [0.717, 1.165) is 70.6 Å². The van der Waals surface area contributed by atoms with Gasteiger partial charge in [0.05, 0.1) is 11.9 Å². The number of nitrogens with two attached hydrogens (primary N) is 1. The Kier molecular flexibility index (Phi) is 5.02. The fourth-order valence-electron chi connectivity index (χ4n) is 5.14. The molecule has 0 bridgehead atoms. The van der Waals surface area contributed by atoms with E-state index in [1.165, 1.54) is 0 Å². The Balaban J connectivity index is 1.39. The molecule has 3 aromatic heterocycles. The largest absolute Gasteiger partial charge is 0.383 e. The molecule has 0 aliphatic carbocycles. The van der Waals surface area contributed by atoms with Crippen LogP contribution in [0, 0.1) is 0 Å². The van der Waals surface area contributed by atoms with Crippen molar-refractivity contribution in [1.29, 1.82) is 0 Å². The lowest BCUT2D eigenvalue weighted by atomic mass is 10.0. The SMILES string of the molecule is Cn1cc(-c2cnc(N)c(-c3ccc(N4CCCC4=O)cc3)c2)c2cc(N3CCCC3=O)cnc21. The molecule has 0 saturated carbocycles. The van der Waals surface area contributed by atoms with Crippen molar-refractivity contribution in [2.45, 2.75) is 25.7 Å². The number of rotatable bonds is 4. The molecule has 8 heteroatoms. The van der Waals surface area contributed by atoms with Crippen molar-refractivity contribution in [3.63, 3.8) is 0 Å². The van der Waals surface area contributed by atoms with Crippen molar-refractivity contribution in [2.24, 2.45) is 7.05 Å². The molecule has 0 unspecified atom stereocenters. The first-order valence-corrected chi connectivity index (χ1v) is 11.9. The number of hydrogen-bond acceptors (Lipinski definition) is 5. The maximum absolute atomic E-state index is 12.3. The molecule has 2 aliphatic rings. The van der Waals surface area contributed by atoms with Gasteiger partial charge >= 0.3 is 0 Å². The van der Waals surface area contributed by atoms with Gasteiger partial charge < -0.3 is 20.1 Å². The van der Waals surface area contributed by atoms with Gasteiger partial charge in [0.2, 0.25) is 11.8 Å². The third-order valence-corrected chi connectivity index (χ3v) is 6.98. The second-order valence-corrected chi connectivity index (χ2v) is 9.22. The lowest BCUT2D eigenvalue weighted by Crippen LogP contribution is -2.23. The Bertz CT molecular complexity index is 1470. The highest BCUT2D eigenvalue weighted by Gasteiger charge is 2.24. The minimum atomic E-state index is 0.138. The maximum Gasteiger partial charge on any atom is 0.227 e. The molecule has 176 valence electrons. The van der Waals surface area contributed by atoms with Crippen LogP contribution < -0.4 is 15.5 Å². The van der Waals surface area contributed by atoms with Crippen LogP contribution in [-0.2, 0) is 16.6 Å². The van der Waals surface area contributed by atoms with Crippen molar-refractivity contribution in [1.82, 2.24) is 14.5 Å². The summed E-state index contributed by atoms with van der Waals surface area (Å²) in [7, 11) is 1.96. The summed E-state index contributed by atoms with van der Waals surface area (Å²) in [5.74, 6) is 0.750. The zero-order valence-corrected chi connectivity index (χ0v) is 19.6. The first kappa shape index (κ1) is 21.3. The van der Waals surface area contributed by atoms with Gasteiger partial charge in [0.15, 0.2) is 0 Å². The van der Waals surface area contributed by atoms with Crippen molar-refractivity contribution < 1.29 is 9.59 Å². The normalized spacial score (nSPS) is 16.1. The van der Waals surface area contributed by atoms with E-state index in [9.17, 15) is 9.59 Å². The standard InChI is InChI=1S/C27H26N6O2/c1-31-16-23(22-13-20(15-30-27(22)31)33-11-3-5-25(33)35)18-12-21(26(28)29-14-18)17-6-8-19(9-7-17)32-10-2-4-24(32)34/h6-9,12-16H,2-5,10-11H2,1H3,(H2,28,29). The Morgan fingerprint density at radius 1 is 0.800 bits per heavy atom. The minimum Gasteiger partial charge on any atom is -0.383 e. The predicted octanol–water partition coefficient (Wildman–Crippen LogP) is 4.14. The van der Waals surface area contributed by atoms with Gasteiger partial charge in [0.1, 0.15) is 11.5 Å².